The normalized spacial score (nSPS) is 12.7. The van der Waals surface area contributed by atoms with E-state index >= 15 is 0 Å². The van der Waals surface area contributed by atoms with Gasteiger partial charge in [0.15, 0.2) is 0 Å². The fourth-order valence-corrected chi connectivity index (χ4v) is 2.76. The van der Waals surface area contributed by atoms with Crippen LogP contribution in [0.5, 0.6) is 0 Å². The van der Waals surface area contributed by atoms with E-state index in [1.807, 2.05) is 5.32 Å². The number of amides is 2. The zero-order valence-electron chi connectivity index (χ0n) is 15.7. The molecule has 0 spiro atoms. The maximum absolute atomic E-state index is 12.0. The first kappa shape index (κ1) is 34.3. The Morgan fingerprint density at radius 1 is 0.900 bits per heavy atom. The van der Waals surface area contributed by atoms with Crippen LogP contribution in [-0.4, -0.2) is 141 Å². The number of carboxylic acid groups (broad SMARTS) is 4. The summed E-state index contributed by atoms with van der Waals surface area (Å²) in [5, 5.41) is 44.9. The number of nitrogens with one attached hydrogen (secondary N) is 2. The predicted octanol–water partition coefficient (Wildman–Crippen LogP) is -8.58. The zero-order valence-corrected chi connectivity index (χ0v) is 21.0. The third-order valence-electron chi connectivity index (χ3n) is 3.12. The molecule has 158 valence electrons. The van der Waals surface area contributed by atoms with Crippen molar-refractivity contribution in [1.82, 2.24) is 10.6 Å². The van der Waals surface area contributed by atoms with Crippen LogP contribution >= 0.6 is 11.8 Å². The average molecular weight is 500 g/mol. The first-order chi connectivity index (χ1) is 12.9. The molecule has 2 amide bonds. The van der Waals surface area contributed by atoms with E-state index in [2.05, 4.69) is 5.32 Å². The molecule has 13 nitrogen and oxygen atoms in total. The minimum Gasteiger partial charge on any atom is -0.550 e. The molecule has 0 rings (SSSR count). The number of carboxylic acids is 4. The van der Waals surface area contributed by atoms with Crippen LogP contribution < -0.4 is 36.8 Å². The van der Waals surface area contributed by atoms with Crippen molar-refractivity contribution in [1.29, 1.82) is 0 Å². The number of nitrogens with two attached hydrogens (primary N) is 1. The summed E-state index contributed by atoms with van der Waals surface area (Å²) in [6.07, 6.45) is -1.66. The van der Waals surface area contributed by atoms with E-state index in [0.717, 1.165) is 0 Å². The molecule has 0 aromatic rings. The Morgan fingerprint density at radius 2 is 1.47 bits per heavy atom. The summed E-state index contributed by atoms with van der Waals surface area (Å²) in [4.78, 5) is 66.2. The summed E-state index contributed by atoms with van der Waals surface area (Å²) in [5.41, 5.74) is 5.18. The van der Waals surface area contributed by atoms with Gasteiger partial charge in [0.05, 0.1) is 24.5 Å². The van der Waals surface area contributed by atoms with Crippen LogP contribution in [0.4, 0.5) is 0 Å². The summed E-state index contributed by atoms with van der Waals surface area (Å²) in [5.74, 6) is -8.95. The Kier molecular flexibility index (Phi) is 20.8. The molecule has 0 aromatic carbocycles. The summed E-state index contributed by atoms with van der Waals surface area (Å²) in [7, 11) is 0. The van der Waals surface area contributed by atoms with Gasteiger partial charge >= 0.3 is 75.5 Å². The quantitative estimate of drug-likeness (QED) is 0.189. The number of rotatable bonds is 14. The molecule has 0 saturated heterocycles. The Labute approximate surface area is 234 Å². The van der Waals surface area contributed by atoms with Gasteiger partial charge in [0, 0.05) is 35.9 Å². The Balaban J connectivity index is -0.00000364. The van der Waals surface area contributed by atoms with E-state index in [0.29, 0.717) is 11.8 Å². The molecule has 3 atom stereocenters. The maximum Gasteiger partial charge on any atom is 2.00 e. The van der Waals surface area contributed by atoms with Gasteiger partial charge in [-0.15, -0.1) is 11.8 Å². The van der Waals surface area contributed by atoms with E-state index in [1.54, 1.807) is 0 Å². The van der Waals surface area contributed by atoms with Crippen LogP contribution in [0.15, 0.2) is 0 Å². The number of aliphatic carboxylic acids is 4. The van der Waals surface area contributed by atoms with E-state index in [4.69, 9.17) is 5.73 Å². The van der Waals surface area contributed by atoms with Crippen molar-refractivity contribution in [3.05, 3.63) is 0 Å². The third kappa shape index (κ3) is 16.4. The Hall–Kier alpha value is -0.351. The zero-order chi connectivity index (χ0) is 21.9. The van der Waals surface area contributed by atoms with Crippen molar-refractivity contribution in [2.75, 3.05) is 12.3 Å². The molecule has 0 aliphatic heterocycles. The number of hydrogen-bond acceptors (Lipinski definition) is 12. The molecular formula is C14H17Ca2N3O10S. The monoisotopic (exact) mass is 499 g/mol. The molecule has 0 bridgehead atoms. The predicted molar refractivity (Wildman–Crippen MR) is 94.5 cm³/mol. The molecule has 0 aromatic heterocycles. The van der Waals surface area contributed by atoms with Crippen LogP contribution in [0.2, 0.25) is 0 Å². The van der Waals surface area contributed by atoms with Gasteiger partial charge in [0.2, 0.25) is 11.8 Å². The van der Waals surface area contributed by atoms with Gasteiger partial charge < -0.3 is 56.0 Å². The van der Waals surface area contributed by atoms with Gasteiger partial charge in [-0.25, -0.2) is 0 Å². The number of hydrogen-bond donors (Lipinski definition) is 3. The summed E-state index contributed by atoms with van der Waals surface area (Å²) in [6.45, 7) is -0.894. The molecule has 16 heteroatoms. The third-order valence-corrected chi connectivity index (χ3v) is 4.41. The molecule has 0 heterocycles. The van der Waals surface area contributed by atoms with Gasteiger partial charge in [0.1, 0.15) is 6.04 Å². The van der Waals surface area contributed by atoms with Crippen molar-refractivity contribution in [3.8, 4) is 0 Å². The molecule has 0 aliphatic rings. The Bertz CT molecular complexity index is 637. The van der Waals surface area contributed by atoms with Crippen molar-refractivity contribution in [2.24, 2.45) is 5.73 Å². The average Bonchev–Trinajstić information content (AvgIpc) is 2.58. The SMILES string of the molecule is NC(CCC(=O)NC(CSC(CC(=O)[O-])C(=O)[O-])C(=O)NCC(=O)[O-])C(=O)[O-].[Ca+2].[Ca+2]. The van der Waals surface area contributed by atoms with E-state index < -0.39 is 78.2 Å². The summed E-state index contributed by atoms with van der Waals surface area (Å²) in [6, 6.07) is -2.89. The topological polar surface area (TPSA) is 245 Å². The second-order valence-electron chi connectivity index (χ2n) is 5.39. The molecule has 4 N–H and O–H groups in total. The molecule has 3 unspecified atom stereocenters. The van der Waals surface area contributed by atoms with Crippen molar-refractivity contribution in [3.63, 3.8) is 0 Å². The van der Waals surface area contributed by atoms with E-state index in [9.17, 15) is 49.2 Å². The minimum absolute atomic E-state index is 0. The molecule has 0 aliphatic carbocycles. The number of carbonyl (C=O) groups excluding carboxylic acids is 6. The number of thioether (sulfide) groups is 1. The second-order valence-corrected chi connectivity index (χ2v) is 6.63. The van der Waals surface area contributed by atoms with Crippen molar-refractivity contribution in [2.45, 2.75) is 36.6 Å². The number of carbonyl (C=O) groups is 6. The first-order valence-corrected chi connectivity index (χ1v) is 8.74. The standard InChI is InChI=1S/C14H21N3O10S.2Ca/c15-6(13(24)25)1-2-9(18)17-7(12(23)16-4-11(21)22)5-28-8(14(26)27)3-10(19)20;;/h6-8H,1-5,15H2,(H,16,23)(H,17,18)(H,19,20)(H,21,22)(H,24,25)(H,26,27);;/q;2*+2/p-4. The van der Waals surface area contributed by atoms with Crippen LogP contribution in [-0.2, 0) is 28.8 Å². The van der Waals surface area contributed by atoms with Crippen molar-refractivity contribution >= 4 is 123 Å². The minimum atomic E-state index is -1.74. The van der Waals surface area contributed by atoms with Gasteiger partial charge in [-0.1, -0.05) is 0 Å². The summed E-state index contributed by atoms with van der Waals surface area (Å²) < 4.78 is 0. The molecule has 0 saturated carbocycles. The Morgan fingerprint density at radius 3 is 1.90 bits per heavy atom. The molecular weight excluding hydrogens is 482 g/mol. The van der Waals surface area contributed by atoms with Gasteiger partial charge in [-0.3, -0.25) is 9.59 Å². The molecule has 0 fully saturated rings. The van der Waals surface area contributed by atoms with Gasteiger partial charge in [0.25, 0.3) is 0 Å². The van der Waals surface area contributed by atoms with Crippen LogP contribution in [0.3, 0.4) is 0 Å². The van der Waals surface area contributed by atoms with E-state index in [-0.39, 0.29) is 81.9 Å². The molecule has 0 radical (unpaired) electrons. The second kappa shape index (κ2) is 18.2. The van der Waals surface area contributed by atoms with E-state index in [1.165, 1.54) is 0 Å². The fourth-order valence-electron chi connectivity index (χ4n) is 1.71. The van der Waals surface area contributed by atoms with Crippen LogP contribution in [0.1, 0.15) is 19.3 Å². The summed E-state index contributed by atoms with van der Waals surface area (Å²) >= 11 is 0.450. The van der Waals surface area contributed by atoms with Crippen LogP contribution in [0.25, 0.3) is 0 Å². The largest absolute Gasteiger partial charge is 2.00 e. The maximum atomic E-state index is 12.0. The fraction of sp³-hybridized carbons (Fsp3) is 0.571. The van der Waals surface area contributed by atoms with Crippen LogP contribution in [0, 0.1) is 0 Å². The first-order valence-electron chi connectivity index (χ1n) is 7.69. The van der Waals surface area contributed by atoms with Gasteiger partial charge in [-0.2, -0.15) is 0 Å². The molecule has 30 heavy (non-hydrogen) atoms. The van der Waals surface area contributed by atoms with Crippen molar-refractivity contribution < 1.29 is 49.2 Å². The van der Waals surface area contributed by atoms with Gasteiger partial charge in [-0.05, 0) is 6.42 Å². The smallest absolute Gasteiger partial charge is 0.550 e.